The maximum atomic E-state index is 13.8. The largest absolute Gasteiger partial charge is 0.454 e. The van der Waals surface area contributed by atoms with Crippen molar-refractivity contribution in [3.63, 3.8) is 0 Å². The van der Waals surface area contributed by atoms with Crippen molar-refractivity contribution in [1.82, 2.24) is 14.5 Å². The minimum absolute atomic E-state index is 0.0172. The summed E-state index contributed by atoms with van der Waals surface area (Å²) < 4.78 is 12.9. The van der Waals surface area contributed by atoms with Crippen LogP contribution in [-0.2, 0) is 18.7 Å². The van der Waals surface area contributed by atoms with Gasteiger partial charge in [0.05, 0.1) is 11.1 Å². The molecule has 0 saturated heterocycles. The van der Waals surface area contributed by atoms with Gasteiger partial charge >= 0.3 is 0 Å². The molecule has 0 spiro atoms. The SMILES string of the molecule is CN1CCc2c(sc3nc(SCc4cccc5c4OCO5)n(-c4ccccc4)c(=O)c23)C1. The molecule has 4 heterocycles. The Labute approximate surface area is 193 Å². The lowest BCUT2D eigenvalue weighted by atomic mass is 10.1. The molecule has 0 saturated carbocycles. The highest BCUT2D eigenvalue weighted by molar-refractivity contribution is 7.98. The second-order valence-corrected chi connectivity index (χ2v) is 10.0. The van der Waals surface area contributed by atoms with Crippen LogP contribution in [0.1, 0.15) is 16.0 Å². The lowest BCUT2D eigenvalue weighted by Crippen LogP contribution is -2.27. The van der Waals surface area contributed by atoms with Gasteiger partial charge in [0.25, 0.3) is 5.56 Å². The van der Waals surface area contributed by atoms with Crippen LogP contribution in [0.2, 0.25) is 0 Å². The van der Waals surface area contributed by atoms with E-state index in [1.165, 1.54) is 10.4 Å². The molecule has 2 aromatic heterocycles. The van der Waals surface area contributed by atoms with Gasteiger partial charge in [0, 0.05) is 29.3 Å². The Morgan fingerprint density at radius 2 is 2.00 bits per heavy atom. The second-order valence-electron chi connectivity index (χ2n) is 7.98. The Balaban J connectivity index is 1.48. The normalized spacial score (nSPS) is 15.3. The van der Waals surface area contributed by atoms with Crippen molar-refractivity contribution in [2.45, 2.75) is 23.9 Å². The van der Waals surface area contributed by atoms with Crippen molar-refractivity contribution in [3.05, 3.63) is 74.9 Å². The highest BCUT2D eigenvalue weighted by atomic mass is 32.2. The van der Waals surface area contributed by atoms with Crippen molar-refractivity contribution in [2.75, 3.05) is 20.4 Å². The number of hydrogen-bond acceptors (Lipinski definition) is 7. The number of rotatable bonds is 4. The number of fused-ring (bicyclic) bond motifs is 4. The van der Waals surface area contributed by atoms with Crippen LogP contribution in [0, 0.1) is 0 Å². The van der Waals surface area contributed by atoms with Gasteiger partial charge in [-0.1, -0.05) is 42.1 Å². The average Bonchev–Trinajstić information content (AvgIpc) is 3.42. The predicted octanol–water partition coefficient (Wildman–Crippen LogP) is 4.46. The van der Waals surface area contributed by atoms with E-state index >= 15 is 0 Å². The fraction of sp³-hybridized carbons (Fsp3) is 0.250. The van der Waals surface area contributed by atoms with E-state index in [1.54, 1.807) is 27.7 Å². The zero-order valence-corrected chi connectivity index (χ0v) is 19.2. The number of benzene rings is 2. The fourth-order valence-corrected chi connectivity index (χ4v) is 6.63. The Morgan fingerprint density at radius 3 is 2.88 bits per heavy atom. The minimum Gasteiger partial charge on any atom is -0.454 e. The number of nitrogens with zero attached hydrogens (tertiary/aromatic N) is 3. The Kier molecular flexibility index (Phi) is 4.93. The summed E-state index contributed by atoms with van der Waals surface area (Å²) >= 11 is 3.20. The molecule has 162 valence electrons. The van der Waals surface area contributed by atoms with Gasteiger partial charge in [0.2, 0.25) is 6.79 Å². The van der Waals surface area contributed by atoms with Crippen LogP contribution in [0.25, 0.3) is 15.9 Å². The molecule has 2 aromatic carbocycles. The van der Waals surface area contributed by atoms with Gasteiger partial charge in [0.15, 0.2) is 16.7 Å². The van der Waals surface area contributed by atoms with E-state index in [4.69, 9.17) is 14.5 Å². The average molecular weight is 464 g/mol. The summed E-state index contributed by atoms with van der Waals surface area (Å²) in [6.45, 7) is 2.07. The van der Waals surface area contributed by atoms with Gasteiger partial charge in [-0.15, -0.1) is 11.3 Å². The third-order valence-corrected chi connectivity index (χ3v) is 7.98. The number of thioether (sulfide) groups is 1. The monoisotopic (exact) mass is 463 g/mol. The summed E-state index contributed by atoms with van der Waals surface area (Å²) in [5, 5.41) is 1.47. The number of hydrogen-bond donors (Lipinski definition) is 0. The van der Waals surface area contributed by atoms with E-state index in [2.05, 4.69) is 11.9 Å². The van der Waals surface area contributed by atoms with Crippen LogP contribution in [0.5, 0.6) is 11.5 Å². The molecule has 6 nitrogen and oxygen atoms in total. The molecule has 0 radical (unpaired) electrons. The van der Waals surface area contributed by atoms with Gasteiger partial charge in [-0.25, -0.2) is 4.98 Å². The summed E-state index contributed by atoms with van der Waals surface area (Å²) in [4.78, 5) is 23.2. The molecular weight excluding hydrogens is 442 g/mol. The summed E-state index contributed by atoms with van der Waals surface area (Å²) in [5.41, 5.74) is 3.06. The van der Waals surface area contributed by atoms with Crippen molar-refractivity contribution >= 4 is 33.3 Å². The van der Waals surface area contributed by atoms with Crippen LogP contribution in [0.15, 0.2) is 58.5 Å². The maximum Gasteiger partial charge on any atom is 0.267 e. The zero-order chi connectivity index (χ0) is 21.7. The quantitative estimate of drug-likeness (QED) is 0.329. The minimum atomic E-state index is 0.0172. The molecule has 0 unspecified atom stereocenters. The van der Waals surface area contributed by atoms with Crippen LogP contribution >= 0.6 is 23.1 Å². The third-order valence-electron chi connectivity index (χ3n) is 5.88. The molecule has 0 atom stereocenters. The van der Waals surface area contributed by atoms with Gasteiger partial charge in [-0.05, 0) is 37.2 Å². The molecule has 4 aromatic rings. The van der Waals surface area contributed by atoms with Gasteiger partial charge in [0.1, 0.15) is 4.83 Å². The summed E-state index contributed by atoms with van der Waals surface area (Å²) in [5.74, 6) is 2.18. The van der Waals surface area contributed by atoms with Crippen LogP contribution < -0.4 is 15.0 Å². The molecule has 32 heavy (non-hydrogen) atoms. The first-order chi connectivity index (χ1) is 15.7. The first kappa shape index (κ1) is 19.8. The van der Waals surface area contributed by atoms with Crippen molar-refractivity contribution in [3.8, 4) is 17.2 Å². The van der Waals surface area contributed by atoms with Gasteiger partial charge < -0.3 is 14.4 Å². The maximum absolute atomic E-state index is 13.8. The molecular formula is C24H21N3O3S2. The van der Waals surface area contributed by atoms with E-state index in [9.17, 15) is 4.79 Å². The van der Waals surface area contributed by atoms with Crippen LogP contribution in [0.4, 0.5) is 0 Å². The molecule has 8 heteroatoms. The summed E-state index contributed by atoms with van der Waals surface area (Å²) in [6, 6.07) is 15.7. The van der Waals surface area contributed by atoms with E-state index in [-0.39, 0.29) is 12.4 Å². The van der Waals surface area contributed by atoms with Gasteiger partial charge in [-0.3, -0.25) is 9.36 Å². The van der Waals surface area contributed by atoms with E-state index in [0.29, 0.717) is 10.9 Å². The van der Waals surface area contributed by atoms with Crippen molar-refractivity contribution in [2.24, 2.45) is 0 Å². The number of thiophene rings is 1. The molecule has 0 bridgehead atoms. The van der Waals surface area contributed by atoms with Crippen molar-refractivity contribution < 1.29 is 9.47 Å². The number of para-hydroxylation sites is 2. The number of aromatic nitrogens is 2. The van der Waals surface area contributed by atoms with Gasteiger partial charge in [-0.2, -0.15) is 0 Å². The number of likely N-dealkylation sites (N-methyl/N-ethyl adjacent to an activating group) is 1. The molecule has 0 amide bonds. The molecule has 0 aliphatic carbocycles. The number of ether oxygens (including phenoxy) is 2. The second kappa shape index (κ2) is 7.95. The van der Waals surface area contributed by atoms with Crippen LogP contribution in [0.3, 0.4) is 0 Å². The first-order valence-electron chi connectivity index (χ1n) is 10.5. The molecule has 6 rings (SSSR count). The van der Waals surface area contributed by atoms with Crippen molar-refractivity contribution in [1.29, 1.82) is 0 Å². The smallest absolute Gasteiger partial charge is 0.267 e. The standard InChI is InChI=1S/C24H21N3O3S2/c1-26-11-10-17-19(12-26)32-22-20(17)23(28)27(16-7-3-2-4-8-16)24(25-22)31-13-15-6-5-9-18-21(15)30-14-29-18/h2-9H,10-14H2,1H3. The third kappa shape index (κ3) is 3.30. The predicted molar refractivity (Wildman–Crippen MR) is 127 cm³/mol. The highest BCUT2D eigenvalue weighted by Crippen LogP contribution is 2.39. The lowest BCUT2D eigenvalue weighted by Gasteiger charge is -2.21. The topological polar surface area (TPSA) is 56.6 Å². The van der Waals surface area contributed by atoms with E-state index in [1.807, 2.05) is 48.5 Å². The Hall–Kier alpha value is -2.81. The Bertz CT molecular complexity index is 1380. The highest BCUT2D eigenvalue weighted by Gasteiger charge is 2.25. The summed E-state index contributed by atoms with van der Waals surface area (Å²) in [7, 11) is 2.12. The lowest BCUT2D eigenvalue weighted by molar-refractivity contribution is 0.173. The van der Waals surface area contributed by atoms with Crippen LogP contribution in [-0.4, -0.2) is 34.8 Å². The zero-order valence-electron chi connectivity index (χ0n) is 17.5. The first-order valence-corrected chi connectivity index (χ1v) is 12.3. The fourth-order valence-electron chi connectivity index (χ4n) is 4.30. The van der Waals surface area contributed by atoms with E-state index in [0.717, 1.165) is 52.5 Å². The molecule has 0 fully saturated rings. The summed E-state index contributed by atoms with van der Waals surface area (Å²) in [6.07, 6.45) is 0.886. The molecule has 2 aliphatic rings. The Morgan fingerprint density at radius 1 is 1.12 bits per heavy atom. The molecule has 2 aliphatic heterocycles. The molecule has 0 N–H and O–H groups in total. The van der Waals surface area contributed by atoms with E-state index < -0.39 is 0 Å².